The van der Waals surface area contributed by atoms with Gasteiger partial charge in [0.2, 0.25) is 0 Å². The monoisotopic (exact) mass is 281 g/mol. The fourth-order valence-electron chi connectivity index (χ4n) is 1.72. The van der Waals surface area contributed by atoms with Crippen LogP contribution < -0.4 is 4.74 Å². The van der Waals surface area contributed by atoms with Gasteiger partial charge in [-0.1, -0.05) is 30.0 Å². The second kappa shape index (κ2) is 7.09. The highest BCUT2D eigenvalue weighted by Gasteiger charge is 2.06. The number of para-hydroxylation sites is 1. The van der Waals surface area contributed by atoms with Crippen LogP contribution in [0.15, 0.2) is 42.5 Å². The molecule has 0 radical (unpaired) electrons. The number of aliphatic hydroxyl groups is 1. The Labute approximate surface area is 122 Å². The molecule has 0 fully saturated rings. The first-order chi connectivity index (χ1) is 10.2. The molecule has 2 aromatic rings. The van der Waals surface area contributed by atoms with E-state index in [1.54, 1.807) is 36.4 Å². The molecule has 0 spiro atoms. The van der Waals surface area contributed by atoms with Crippen molar-refractivity contribution >= 4 is 0 Å². The zero-order valence-corrected chi connectivity index (χ0v) is 11.1. The van der Waals surface area contributed by atoms with Crippen molar-refractivity contribution in [2.24, 2.45) is 0 Å². The molecule has 4 heteroatoms. The average molecular weight is 281 g/mol. The van der Waals surface area contributed by atoms with Crippen molar-refractivity contribution in [1.82, 2.24) is 0 Å². The number of halogens is 1. The topological polar surface area (TPSA) is 53.2 Å². The molecule has 1 N–H and O–H groups in total. The van der Waals surface area contributed by atoms with Crippen LogP contribution in [0, 0.1) is 29.0 Å². The van der Waals surface area contributed by atoms with E-state index >= 15 is 0 Å². The number of hydrogen-bond donors (Lipinski definition) is 1. The molecule has 0 heterocycles. The first-order valence-corrected chi connectivity index (χ1v) is 6.24. The molecule has 0 bridgehead atoms. The smallest absolute Gasteiger partial charge is 0.137 e. The van der Waals surface area contributed by atoms with Gasteiger partial charge in [-0.3, -0.25) is 0 Å². The summed E-state index contributed by atoms with van der Waals surface area (Å²) in [5.41, 5.74) is 1.27. The number of rotatable bonds is 3. The Hall–Kier alpha value is -2.82. The lowest BCUT2D eigenvalue weighted by molar-refractivity contribution is 0.299. The van der Waals surface area contributed by atoms with E-state index in [-0.39, 0.29) is 13.2 Å². The predicted molar refractivity (Wildman–Crippen MR) is 75.9 cm³/mol. The van der Waals surface area contributed by atoms with E-state index in [0.29, 0.717) is 22.4 Å². The van der Waals surface area contributed by atoms with E-state index in [4.69, 9.17) is 15.1 Å². The van der Waals surface area contributed by atoms with Gasteiger partial charge in [0.15, 0.2) is 0 Å². The van der Waals surface area contributed by atoms with Crippen molar-refractivity contribution in [3.8, 4) is 23.7 Å². The van der Waals surface area contributed by atoms with E-state index < -0.39 is 5.82 Å². The van der Waals surface area contributed by atoms with Crippen LogP contribution in [0.3, 0.4) is 0 Å². The molecule has 2 rings (SSSR count). The van der Waals surface area contributed by atoms with Gasteiger partial charge in [0.05, 0.1) is 5.56 Å². The van der Waals surface area contributed by atoms with Gasteiger partial charge >= 0.3 is 0 Å². The van der Waals surface area contributed by atoms with Gasteiger partial charge in [-0.05, 0) is 24.3 Å². The Morgan fingerprint density at radius 1 is 1.19 bits per heavy atom. The number of aliphatic hydroxyl groups excluding tert-OH is 1. The zero-order valence-electron chi connectivity index (χ0n) is 11.1. The molecule has 0 saturated carbocycles. The van der Waals surface area contributed by atoms with Crippen molar-refractivity contribution in [1.29, 1.82) is 5.26 Å². The Bertz CT molecular complexity index is 738. The van der Waals surface area contributed by atoms with E-state index in [9.17, 15) is 4.39 Å². The summed E-state index contributed by atoms with van der Waals surface area (Å²) in [6.07, 6.45) is 0. The predicted octanol–water partition coefficient (Wildman–Crippen LogP) is 2.62. The second-order valence-corrected chi connectivity index (χ2v) is 4.16. The third-order valence-electron chi connectivity index (χ3n) is 2.76. The van der Waals surface area contributed by atoms with Gasteiger partial charge < -0.3 is 9.84 Å². The van der Waals surface area contributed by atoms with Gasteiger partial charge in [0, 0.05) is 11.1 Å². The molecule has 0 aromatic heterocycles. The highest BCUT2D eigenvalue weighted by atomic mass is 19.1. The standard InChI is InChI=1S/C17H12FNO2/c18-16-10-13(4-3-9-20)7-8-15(16)12-21-17-6-2-1-5-14(17)11-19/h1-2,5-8,10,20H,9,12H2. The molecule has 21 heavy (non-hydrogen) atoms. The maximum Gasteiger partial charge on any atom is 0.137 e. The van der Waals surface area contributed by atoms with Crippen molar-refractivity contribution < 1.29 is 14.2 Å². The van der Waals surface area contributed by atoms with E-state index in [1.165, 1.54) is 6.07 Å². The normalized spacial score (nSPS) is 9.38. The van der Waals surface area contributed by atoms with Crippen LogP contribution in [-0.4, -0.2) is 11.7 Å². The summed E-state index contributed by atoms with van der Waals surface area (Å²) in [6.45, 7) is -0.240. The molecular formula is C17H12FNO2. The molecule has 0 aliphatic carbocycles. The zero-order chi connectivity index (χ0) is 15.1. The van der Waals surface area contributed by atoms with Crippen LogP contribution in [0.4, 0.5) is 4.39 Å². The Balaban J connectivity index is 2.12. The Kier molecular flexibility index (Phi) is 4.93. The van der Waals surface area contributed by atoms with Gasteiger partial charge in [0.25, 0.3) is 0 Å². The molecule has 0 unspecified atom stereocenters. The van der Waals surface area contributed by atoms with Crippen LogP contribution in [0.1, 0.15) is 16.7 Å². The quantitative estimate of drug-likeness (QED) is 0.880. The van der Waals surface area contributed by atoms with Gasteiger partial charge in [0.1, 0.15) is 30.8 Å². The molecule has 0 saturated heterocycles. The summed E-state index contributed by atoms with van der Waals surface area (Å²) < 4.78 is 19.4. The van der Waals surface area contributed by atoms with Crippen molar-refractivity contribution in [3.05, 3.63) is 65.0 Å². The second-order valence-electron chi connectivity index (χ2n) is 4.16. The maximum absolute atomic E-state index is 13.9. The third-order valence-corrected chi connectivity index (χ3v) is 2.76. The molecule has 0 amide bonds. The SMILES string of the molecule is N#Cc1ccccc1OCc1ccc(C#CCO)cc1F. The lowest BCUT2D eigenvalue weighted by Gasteiger charge is -2.08. The highest BCUT2D eigenvalue weighted by molar-refractivity contribution is 5.43. The largest absolute Gasteiger partial charge is 0.487 e. The van der Waals surface area contributed by atoms with Crippen LogP contribution in [0.2, 0.25) is 0 Å². The Morgan fingerprint density at radius 3 is 2.71 bits per heavy atom. The minimum Gasteiger partial charge on any atom is -0.487 e. The van der Waals surface area contributed by atoms with Crippen molar-refractivity contribution in [2.75, 3.05) is 6.61 Å². The minimum absolute atomic E-state index is 0.0260. The third kappa shape index (κ3) is 3.82. The molecule has 0 aliphatic rings. The molecule has 104 valence electrons. The lowest BCUT2D eigenvalue weighted by Crippen LogP contribution is -2.00. The van der Waals surface area contributed by atoms with E-state index in [2.05, 4.69) is 11.8 Å². The van der Waals surface area contributed by atoms with E-state index in [0.717, 1.165) is 0 Å². The van der Waals surface area contributed by atoms with Gasteiger partial charge in [-0.2, -0.15) is 5.26 Å². The van der Waals surface area contributed by atoms with Gasteiger partial charge in [-0.25, -0.2) is 4.39 Å². The van der Waals surface area contributed by atoms with Crippen molar-refractivity contribution in [3.63, 3.8) is 0 Å². The number of nitriles is 1. The Morgan fingerprint density at radius 2 is 2.00 bits per heavy atom. The fourth-order valence-corrected chi connectivity index (χ4v) is 1.72. The summed E-state index contributed by atoms with van der Waals surface area (Å²) in [7, 11) is 0. The number of hydrogen-bond acceptors (Lipinski definition) is 3. The molecule has 0 atom stereocenters. The summed E-state index contributed by atoms with van der Waals surface area (Å²) in [5, 5.41) is 17.5. The van der Waals surface area contributed by atoms with Gasteiger partial charge in [-0.15, -0.1) is 0 Å². The van der Waals surface area contributed by atoms with Crippen LogP contribution >= 0.6 is 0 Å². The summed E-state index contributed by atoms with van der Waals surface area (Å²) in [5.74, 6) is 5.07. The summed E-state index contributed by atoms with van der Waals surface area (Å²) >= 11 is 0. The van der Waals surface area contributed by atoms with Crippen molar-refractivity contribution in [2.45, 2.75) is 6.61 Å². The highest BCUT2D eigenvalue weighted by Crippen LogP contribution is 2.19. The number of ether oxygens (including phenoxy) is 1. The first-order valence-electron chi connectivity index (χ1n) is 6.24. The maximum atomic E-state index is 13.9. The number of benzene rings is 2. The summed E-state index contributed by atoms with van der Waals surface area (Å²) in [4.78, 5) is 0. The number of nitrogens with zero attached hydrogens (tertiary/aromatic N) is 1. The van der Waals surface area contributed by atoms with Crippen LogP contribution in [-0.2, 0) is 6.61 Å². The minimum atomic E-state index is -0.436. The van der Waals surface area contributed by atoms with Crippen LogP contribution in [0.5, 0.6) is 5.75 Å². The van der Waals surface area contributed by atoms with Crippen LogP contribution in [0.25, 0.3) is 0 Å². The molecule has 3 nitrogen and oxygen atoms in total. The lowest BCUT2D eigenvalue weighted by atomic mass is 10.1. The molecular weight excluding hydrogens is 269 g/mol. The fraction of sp³-hybridized carbons (Fsp3) is 0.118. The average Bonchev–Trinajstić information content (AvgIpc) is 2.52. The molecule has 2 aromatic carbocycles. The summed E-state index contributed by atoms with van der Waals surface area (Å²) in [6, 6.07) is 13.3. The van der Waals surface area contributed by atoms with E-state index in [1.807, 2.05) is 6.07 Å². The molecule has 0 aliphatic heterocycles. The first kappa shape index (κ1) is 14.6.